The molecule has 0 aliphatic rings. The lowest BCUT2D eigenvalue weighted by Crippen LogP contribution is -2.41. The molecule has 1 aromatic carbocycles. The van der Waals surface area contributed by atoms with Gasteiger partial charge >= 0.3 is 5.97 Å². The fraction of sp³-hybridized carbons (Fsp3) is 0.467. The number of thioether (sulfide) groups is 1. The van der Waals surface area contributed by atoms with Crippen molar-refractivity contribution in [3.05, 3.63) is 29.8 Å². The number of unbranched alkanes of at least 4 members (excludes halogenated alkanes) is 1. The fourth-order valence-corrected chi connectivity index (χ4v) is 2.60. The van der Waals surface area contributed by atoms with E-state index < -0.39 is 12.0 Å². The lowest BCUT2D eigenvalue weighted by molar-refractivity contribution is -0.141. The van der Waals surface area contributed by atoms with E-state index in [-0.39, 0.29) is 11.7 Å². The SMILES string of the molecule is CCCCC(NC(=O)CSc1ccccc1C)C(=O)O. The molecule has 0 bridgehead atoms. The van der Waals surface area contributed by atoms with Crippen molar-refractivity contribution >= 4 is 23.6 Å². The molecule has 1 unspecified atom stereocenters. The first kappa shape index (κ1) is 16.6. The molecule has 0 spiro atoms. The van der Waals surface area contributed by atoms with E-state index >= 15 is 0 Å². The third-order valence-electron chi connectivity index (χ3n) is 2.93. The first-order valence-corrected chi connectivity index (χ1v) is 7.73. The van der Waals surface area contributed by atoms with Gasteiger partial charge in [-0.2, -0.15) is 0 Å². The number of rotatable bonds is 8. The lowest BCUT2D eigenvalue weighted by Gasteiger charge is -2.14. The Bertz CT molecular complexity index is 462. The average Bonchev–Trinajstić information content (AvgIpc) is 2.42. The van der Waals surface area contributed by atoms with Crippen molar-refractivity contribution in [2.75, 3.05) is 5.75 Å². The van der Waals surface area contributed by atoms with Gasteiger partial charge in [0.05, 0.1) is 5.75 Å². The second-order valence-corrected chi connectivity index (χ2v) is 5.67. The minimum atomic E-state index is -0.965. The summed E-state index contributed by atoms with van der Waals surface area (Å²) in [5, 5.41) is 11.6. The summed E-state index contributed by atoms with van der Waals surface area (Å²) in [5.74, 6) is -0.963. The van der Waals surface area contributed by atoms with Crippen LogP contribution in [0.4, 0.5) is 0 Å². The Morgan fingerprint density at radius 1 is 1.35 bits per heavy atom. The van der Waals surface area contributed by atoms with E-state index in [0.29, 0.717) is 6.42 Å². The molecule has 0 heterocycles. The minimum absolute atomic E-state index is 0.234. The van der Waals surface area contributed by atoms with Gasteiger partial charge < -0.3 is 10.4 Å². The summed E-state index contributed by atoms with van der Waals surface area (Å²) in [7, 11) is 0. The van der Waals surface area contributed by atoms with Gasteiger partial charge in [0.15, 0.2) is 0 Å². The van der Waals surface area contributed by atoms with E-state index in [0.717, 1.165) is 23.3 Å². The number of nitrogens with one attached hydrogen (secondary N) is 1. The predicted molar refractivity (Wildman–Crippen MR) is 81.0 cm³/mol. The Kier molecular flexibility index (Phi) is 7.15. The number of hydrogen-bond donors (Lipinski definition) is 2. The van der Waals surface area contributed by atoms with Crippen molar-refractivity contribution in [1.29, 1.82) is 0 Å². The molecule has 0 fully saturated rings. The van der Waals surface area contributed by atoms with Crippen molar-refractivity contribution in [3.8, 4) is 0 Å². The fourth-order valence-electron chi connectivity index (χ4n) is 1.76. The average molecular weight is 295 g/mol. The number of benzene rings is 1. The summed E-state index contributed by atoms with van der Waals surface area (Å²) in [4.78, 5) is 23.9. The van der Waals surface area contributed by atoms with Crippen LogP contribution >= 0.6 is 11.8 Å². The van der Waals surface area contributed by atoms with Crippen LogP contribution in [-0.4, -0.2) is 28.8 Å². The molecule has 0 saturated carbocycles. The normalized spacial score (nSPS) is 11.9. The van der Waals surface area contributed by atoms with E-state index in [2.05, 4.69) is 5.32 Å². The summed E-state index contributed by atoms with van der Waals surface area (Å²) in [6.07, 6.45) is 2.19. The number of aliphatic carboxylic acids is 1. The maximum absolute atomic E-state index is 11.8. The molecule has 0 aromatic heterocycles. The standard InChI is InChI=1S/C15H21NO3S/c1-3-4-8-12(15(18)19)16-14(17)10-20-13-9-6-5-7-11(13)2/h5-7,9,12H,3-4,8,10H2,1-2H3,(H,16,17)(H,18,19). The molecular formula is C15H21NO3S. The maximum atomic E-state index is 11.8. The first-order chi connectivity index (χ1) is 9.54. The third-order valence-corrected chi connectivity index (χ3v) is 4.11. The smallest absolute Gasteiger partial charge is 0.326 e. The molecule has 1 rings (SSSR count). The van der Waals surface area contributed by atoms with Crippen molar-refractivity contribution in [1.82, 2.24) is 5.32 Å². The Balaban J connectivity index is 2.46. The Hall–Kier alpha value is -1.49. The zero-order valence-electron chi connectivity index (χ0n) is 11.9. The van der Waals surface area contributed by atoms with E-state index in [4.69, 9.17) is 5.11 Å². The van der Waals surface area contributed by atoms with Crippen LogP contribution in [-0.2, 0) is 9.59 Å². The van der Waals surface area contributed by atoms with Crippen LogP contribution < -0.4 is 5.32 Å². The molecule has 1 aromatic rings. The second-order valence-electron chi connectivity index (χ2n) is 4.65. The highest BCUT2D eigenvalue weighted by molar-refractivity contribution is 8.00. The van der Waals surface area contributed by atoms with Gasteiger partial charge in [0.1, 0.15) is 6.04 Å². The second kappa shape index (κ2) is 8.64. The summed E-state index contributed by atoms with van der Waals surface area (Å²) >= 11 is 1.43. The first-order valence-electron chi connectivity index (χ1n) is 6.75. The summed E-state index contributed by atoms with van der Waals surface area (Å²) < 4.78 is 0. The number of carboxylic acid groups (broad SMARTS) is 1. The van der Waals surface area contributed by atoms with Gasteiger partial charge in [-0.3, -0.25) is 4.79 Å². The van der Waals surface area contributed by atoms with Crippen LogP contribution in [0.25, 0.3) is 0 Å². The molecule has 2 N–H and O–H groups in total. The van der Waals surface area contributed by atoms with E-state index in [1.807, 2.05) is 38.1 Å². The van der Waals surface area contributed by atoms with E-state index in [1.165, 1.54) is 11.8 Å². The quantitative estimate of drug-likeness (QED) is 0.724. The van der Waals surface area contributed by atoms with Crippen molar-refractivity contribution in [2.24, 2.45) is 0 Å². The van der Waals surface area contributed by atoms with Gasteiger partial charge in [-0.15, -0.1) is 11.8 Å². The predicted octanol–water partition coefficient (Wildman–Crippen LogP) is 2.85. The van der Waals surface area contributed by atoms with Crippen LogP contribution in [0.5, 0.6) is 0 Å². The number of hydrogen-bond acceptors (Lipinski definition) is 3. The van der Waals surface area contributed by atoms with Gasteiger partial charge in [-0.25, -0.2) is 4.79 Å². The molecule has 0 saturated heterocycles. The molecule has 5 heteroatoms. The summed E-state index contributed by atoms with van der Waals surface area (Å²) in [6, 6.07) is 7.04. The number of aryl methyl sites for hydroxylation is 1. The van der Waals surface area contributed by atoms with Crippen molar-refractivity contribution < 1.29 is 14.7 Å². The van der Waals surface area contributed by atoms with Crippen LogP contribution in [0, 0.1) is 6.92 Å². The Labute approximate surface area is 124 Å². The number of amides is 1. The Morgan fingerprint density at radius 3 is 2.65 bits per heavy atom. The van der Waals surface area contributed by atoms with Gasteiger partial charge in [0.25, 0.3) is 0 Å². The van der Waals surface area contributed by atoms with Gasteiger partial charge in [0, 0.05) is 4.90 Å². The van der Waals surface area contributed by atoms with Crippen LogP contribution in [0.15, 0.2) is 29.2 Å². The highest BCUT2D eigenvalue weighted by atomic mass is 32.2. The van der Waals surface area contributed by atoms with Crippen LogP contribution in [0.1, 0.15) is 31.7 Å². The lowest BCUT2D eigenvalue weighted by atomic mass is 10.1. The van der Waals surface area contributed by atoms with Gasteiger partial charge in [-0.05, 0) is 25.0 Å². The molecular weight excluding hydrogens is 274 g/mol. The highest BCUT2D eigenvalue weighted by Gasteiger charge is 2.19. The maximum Gasteiger partial charge on any atom is 0.326 e. The zero-order chi connectivity index (χ0) is 15.0. The highest BCUT2D eigenvalue weighted by Crippen LogP contribution is 2.21. The number of carbonyl (C=O) groups is 2. The number of carbonyl (C=O) groups excluding carboxylic acids is 1. The molecule has 20 heavy (non-hydrogen) atoms. The van der Waals surface area contributed by atoms with Crippen molar-refractivity contribution in [2.45, 2.75) is 44.0 Å². The van der Waals surface area contributed by atoms with Crippen molar-refractivity contribution in [3.63, 3.8) is 0 Å². The molecule has 110 valence electrons. The van der Waals surface area contributed by atoms with Crippen LogP contribution in [0.3, 0.4) is 0 Å². The molecule has 0 radical (unpaired) electrons. The van der Waals surface area contributed by atoms with Gasteiger partial charge in [-0.1, -0.05) is 38.0 Å². The minimum Gasteiger partial charge on any atom is -0.480 e. The monoisotopic (exact) mass is 295 g/mol. The molecule has 1 atom stereocenters. The number of carboxylic acids is 1. The van der Waals surface area contributed by atoms with E-state index in [9.17, 15) is 9.59 Å². The summed E-state index contributed by atoms with van der Waals surface area (Å²) in [5.41, 5.74) is 1.12. The largest absolute Gasteiger partial charge is 0.480 e. The molecule has 0 aliphatic heterocycles. The van der Waals surface area contributed by atoms with E-state index in [1.54, 1.807) is 0 Å². The molecule has 0 aliphatic carbocycles. The molecule has 4 nitrogen and oxygen atoms in total. The zero-order valence-corrected chi connectivity index (χ0v) is 12.7. The third kappa shape index (κ3) is 5.65. The Morgan fingerprint density at radius 2 is 2.05 bits per heavy atom. The molecule has 1 amide bonds. The van der Waals surface area contributed by atoms with Crippen LogP contribution in [0.2, 0.25) is 0 Å². The van der Waals surface area contributed by atoms with Gasteiger partial charge in [0.2, 0.25) is 5.91 Å². The topological polar surface area (TPSA) is 66.4 Å². The summed E-state index contributed by atoms with van der Waals surface area (Å²) in [6.45, 7) is 3.98.